The van der Waals surface area contributed by atoms with Crippen LogP contribution in [0.2, 0.25) is 0 Å². The molecule has 1 aromatic carbocycles. The number of likely N-dealkylation sites (N-methyl/N-ethyl adjacent to an activating group) is 1. The highest BCUT2D eigenvalue weighted by Crippen LogP contribution is 2.29. The molecule has 1 aromatic rings. The molecule has 0 saturated heterocycles. The lowest BCUT2D eigenvalue weighted by molar-refractivity contribution is -0.193. The van der Waals surface area contributed by atoms with E-state index in [-0.39, 0.29) is 6.54 Å². The number of rotatable bonds is 4. The van der Waals surface area contributed by atoms with Gasteiger partial charge in [-0.1, -0.05) is 12.1 Å². The highest BCUT2D eigenvalue weighted by molar-refractivity contribution is 5.86. The van der Waals surface area contributed by atoms with Crippen LogP contribution in [0.4, 0.5) is 13.2 Å². The van der Waals surface area contributed by atoms with Crippen molar-refractivity contribution in [2.75, 3.05) is 14.2 Å². The Morgan fingerprint density at radius 1 is 1.30 bits per heavy atom. The number of halogens is 3. The average molecular weight is 290 g/mol. The zero-order chi connectivity index (χ0) is 15.6. The standard InChI is InChI=1S/C13H17F3N2O2/c1-12(17,13(14,15)16)11(19)18(2)8-9-4-6-10(20-3)7-5-9/h4-7H,8,17H2,1-3H3. The lowest BCUT2D eigenvalue weighted by atomic mass is 10.0. The molecule has 0 aliphatic heterocycles. The summed E-state index contributed by atoms with van der Waals surface area (Å²) >= 11 is 0. The highest BCUT2D eigenvalue weighted by Gasteiger charge is 2.54. The van der Waals surface area contributed by atoms with E-state index in [0.29, 0.717) is 18.2 Å². The summed E-state index contributed by atoms with van der Waals surface area (Å²) in [4.78, 5) is 12.7. The summed E-state index contributed by atoms with van der Waals surface area (Å²) in [6, 6.07) is 6.67. The quantitative estimate of drug-likeness (QED) is 0.922. The zero-order valence-electron chi connectivity index (χ0n) is 11.5. The van der Waals surface area contributed by atoms with E-state index in [1.807, 2.05) is 0 Å². The molecule has 2 N–H and O–H groups in total. The largest absolute Gasteiger partial charge is 0.497 e. The van der Waals surface area contributed by atoms with Crippen LogP contribution in [0.15, 0.2) is 24.3 Å². The van der Waals surface area contributed by atoms with E-state index in [4.69, 9.17) is 10.5 Å². The van der Waals surface area contributed by atoms with Gasteiger partial charge in [-0.15, -0.1) is 0 Å². The van der Waals surface area contributed by atoms with E-state index >= 15 is 0 Å². The number of methoxy groups -OCH3 is 1. The zero-order valence-corrected chi connectivity index (χ0v) is 11.5. The molecule has 0 saturated carbocycles. The van der Waals surface area contributed by atoms with E-state index in [2.05, 4.69) is 0 Å². The maximum Gasteiger partial charge on any atom is 0.415 e. The normalized spacial score (nSPS) is 14.6. The highest BCUT2D eigenvalue weighted by atomic mass is 19.4. The maximum atomic E-state index is 12.7. The van der Waals surface area contributed by atoms with Crippen LogP contribution >= 0.6 is 0 Å². The van der Waals surface area contributed by atoms with Gasteiger partial charge in [0.25, 0.3) is 5.91 Å². The van der Waals surface area contributed by atoms with Gasteiger partial charge < -0.3 is 15.4 Å². The number of nitrogens with zero attached hydrogens (tertiary/aromatic N) is 1. The molecular weight excluding hydrogens is 273 g/mol. The van der Waals surface area contributed by atoms with E-state index in [1.165, 1.54) is 14.2 Å². The van der Waals surface area contributed by atoms with Gasteiger partial charge in [0.1, 0.15) is 5.75 Å². The van der Waals surface area contributed by atoms with Crippen molar-refractivity contribution in [1.29, 1.82) is 0 Å². The Balaban J connectivity index is 2.80. The fourth-order valence-corrected chi connectivity index (χ4v) is 1.59. The predicted molar refractivity (Wildman–Crippen MR) is 68.1 cm³/mol. The summed E-state index contributed by atoms with van der Waals surface area (Å²) in [7, 11) is 2.79. The molecule has 0 aromatic heterocycles. The first-order valence-electron chi connectivity index (χ1n) is 5.83. The summed E-state index contributed by atoms with van der Waals surface area (Å²) < 4.78 is 43.0. The molecule has 1 rings (SSSR count). The van der Waals surface area contributed by atoms with Crippen LogP contribution in [0, 0.1) is 0 Å². The van der Waals surface area contributed by atoms with Gasteiger partial charge in [0.15, 0.2) is 5.54 Å². The second-order valence-electron chi connectivity index (χ2n) is 4.71. The first kappa shape index (κ1) is 16.3. The van der Waals surface area contributed by atoms with Crippen LogP contribution in [0.25, 0.3) is 0 Å². The number of hydrogen-bond donors (Lipinski definition) is 1. The second kappa shape index (κ2) is 5.70. The van der Waals surface area contributed by atoms with Crippen LogP contribution < -0.4 is 10.5 Å². The lowest BCUT2D eigenvalue weighted by Crippen LogP contribution is -2.61. The molecule has 4 nitrogen and oxygen atoms in total. The minimum absolute atomic E-state index is 0.0334. The van der Waals surface area contributed by atoms with Crippen molar-refractivity contribution in [3.05, 3.63) is 29.8 Å². The Hall–Kier alpha value is -1.76. The third kappa shape index (κ3) is 3.41. The Labute approximate surface area is 115 Å². The topological polar surface area (TPSA) is 55.6 Å². The molecule has 0 aliphatic carbocycles. The number of carbonyl (C=O) groups is 1. The molecule has 0 bridgehead atoms. The molecule has 1 atom stereocenters. The Bertz CT molecular complexity index is 469. The lowest BCUT2D eigenvalue weighted by Gasteiger charge is -2.30. The van der Waals surface area contributed by atoms with Crippen molar-refractivity contribution >= 4 is 5.91 Å². The first-order chi connectivity index (χ1) is 9.09. The predicted octanol–water partition coefficient (Wildman–Crippen LogP) is 1.93. The van der Waals surface area contributed by atoms with E-state index in [1.54, 1.807) is 24.3 Å². The second-order valence-corrected chi connectivity index (χ2v) is 4.71. The van der Waals surface area contributed by atoms with Gasteiger partial charge in [0.2, 0.25) is 0 Å². The minimum Gasteiger partial charge on any atom is -0.497 e. The van der Waals surface area contributed by atoms with Crippen molar-refractivity contribution in [2.24, 2.45) is 5.73 Å². The Morgan fingerprint density at radius 2 is 1.80 bits per heavy atom. The van der Waals surface area contributed by atoms with Crippen LogP contribution in [0.3, 0.4) is 0 Å². The molecule has 20 heavy (non-hydrogen) atoms. The smallest absolute Gasteiger partial charge is 0.415 e. The average Bonchev–Trinajstić information content (AvgIpc) is 2.37. The molecule has 0 heterocycles. The SMILES string of the molecule is COc1ccc(CN(C)C(=O)C(C)(N)C(F)(F)F)cc1. The number of nitrogens with two attached hydrogens (primary N) is 1. The number of ether oxygens (including phenoxy) is 1. The summed E-state index contributed by atoms with van der Waals surface area (Å²) in [6.45, 7) is 0.700. The van der Waals surface area contributed by atoms with Gasteiger partial charge in [-0.3, -0.25) is 4.79 Å². The van der Waals surface area contributed by atoms with Crippen molar-refractivity contribution in [3.8, 4) is 5.75 Å². The van der Waals surface area contributed by atoms with Crippen molar-refractivity contribution < 1.29 is 22.7 Å². The van der Waals surface area contributed by atoms with E-state index in [9.17, 15) is 18.0 Å². The van der Waals surface area contributed by atoms with E-state index in [0.717, 1.165) is 4.90 Å². The number of amides is 1. The van der Waals surface area contributed by atoms with Gasteiger partial charge in [-0.25, -0.2) is 0 Å². The maximum absolute atomic E-state index is 12.7. The van der Waals surface area contributed by atoms with Crippen LogP contribution in [-0.2, 0) is 11.3 Å². The molecule has 112 valence electrons. The van der Waals surface area contributed by atoms with Crippen LogP contribution in [-0.4, -0.2) is 36.7 Å². The number of hydrogen-bond acceptors (Lipinski definition) is 3. The molecule has 1 unspecified atom stereocenters. The molecule has 1 amide bonds. The van der Waals surface area contributed by atoms with Gasteiger partial charge in [-0.05, 0) is 24.6 Å². The fourth-order valence-electron chi connectivity index (χ4n) is 1.59. The first-order valence-corrected chi connectivity index (χ1v) is 5.83. The summed E-state index contributed by atoms with van der Waals surface area (Å²) in [6.07, 6.45) is -4.79. The number of alkyl halides is 3. The molecule has 0 spiro atoms. The van der Waals surface area contributed by atoms with Gasteiger partial charge in [-0.2, -0.15) is 13.2 Å². The molecular formula is C13H17F3N2O2. The molecule has 0 radical (unpaired) electrons. The number of benzene rings is 1. The number of carbonyl (C=O) groups excluding carboxylic acids is 1. The minimum atomic E-state index is -4.79. The van der Waals surface area contributed by atoms with Gasteiger partial charge >= 0.3 is 6.18 Å². The third-order valence-electron chi connectivity index (χ3n) is 2.96. The fraction of sp³-hybridized carbons (Fsp3) is 0.462. The molecule has 7 heteroatoms. The van der Waals surface area contributed by atoms with Crippen LogP contribution in [0.5, 0.6) is 5.75 Å². The Kier molecular flexibility index (Phi) is 4.65. The molecule has 0 aliphatic rings. The summed E-state index contributed by atoms with van der Waals surface area (Å²) in [5.41, 5.74) is 2.89. The third-order valence-corrected chi connectivity index (χ3v) is 2.96. The van der Waals surface area contributed by atoms with Crippen molar-refractivity contribution in [1.82, 2.24) is 4.90 Å². The summed E-state index contributed by atoms with van der Waals surface area (Å²) in [5, 5.41) is 0. The van der Waals surface area contributed by atoms with Crippen molar-refractivity contribution in [3.63, 3.8) is 0 Å². The van der Waals surface area contributed by atoms with Crippen molar-refractivity contribution in [2.45, 2.75) is 25.2 Å². The summed E-state index contributed by atoms with van der Waals surface area (Å²) in [5.74, 6) is -0.553. The van der Waals surface area contributed by atoms with Gasteiger partial charge in [0.05, 0.1) is 7.11 Å². The monoisotopic (exact) mass is 290 g/mol. The van der Waals surface area contributed by atoms with E-state index < -0.39 is 17.6 Å². The van der Waals surface area contributed by atoms with Gasteiger partial charge in [0, 0.05) is 13.6 Å². The Morgan fingerprint density at radius 3 is 2.20 bits per heavy atom. The van der Waals surface area contributed by atoms with Crippen LogP contribution in [0.1, 0.15) is 12.5 Å². The molecule has 0 fully saturated rings.